The zero-order valence-corrected chi connectivity index (χ0v) is 14.0. The van der Waals surface area contributed by atoms with Gasteiger partial charge in [-0.25, -0.2) is 5.53 Å². The molecule has 0 fully saturated rings. The zero-order chi connectivity index (χ0) is 17.4. The fourth-order valence-corrected chi connectivity index (χ4v) is 3.43. The van der Waals surface area contributed by atoms with E-state index in [0.717, 1.165) is 22.8 Å². The van der Waals surface area contributed by atoms with Crippen LogP contribution in [0.1, 0.15) is 16.7 Å². The first-order valence-corrected chi connectivity index (χ1v) is 8.20. The molecule has 0 atom stereocenters. The van der Waals surface area contributed by atoms with Crippen molar-refractivity contribution in [2.75, 3.05) is 0 Å². The van der Waals surface area contributed by atoms with Gasteiger partial charge < -0.3 is 4.57 Å². The van der Waals surface area contributed by atoms with Gasteiger partial charge in [-0.2, -0.15) is 0 Å². The van der Waals surface area contributed by atoms with Gasteiger partial charge in [0.25, 0.3) is 0 Å². The molecule has 0 aliphatic carbocycles. The maximum absolute atomic E-state index is 7.81. The molecular weight excluding hydrogens is 308 g/mol. The van der Waals surface area contributed by atoms with E-state index in [4.69, 9.17) is 10.9 Å². The second-order valence-corrected chi connectivity index (χ2v) is 6.28. The van der Waals surface area contributed by atoms with Gasteiger partial charge in [-0.05, 0) is 36.8 Å². The molecule has 3 aromatic carbocycles. The van der Waals surface area contributed by atoms with Crippen LogP contribution in [-0.4, -0.2) is 10.4 Å². The third-order valence-corrected chi connectivity index (χ3v) is 4.58. The summed E-state index contributed by atoms with van der Waals surface area (Å²) >= 11 is 0. The maximum atomic E-state index is 7.81. The molecular formula is C21H18N4. The minimum Gasteiger partial charge on any atom is -0.336 e. The molecule has 4 nitrogen and oxygen atoms in total. The summed E-state index contributed by atoms with van der Waals surface area (Å²) in [6.07, 6.45) is 0. The number of aromatic nitrogens is 1. The number of aryl methyl sites for hydroxylation is 1. The molecule has 0 amide bonds. The highest BCUT2D eigenvalue weighted by Gasteiger charge is 2.12. The summed E-state index contributed by atoms with van der Waals surface area (Å²) in [7, 11) is 0. The van der Waals surface area contributed by atoms with Gasteiger partial charge in [0.15, 0.2) is 5.84 Å². The molecule has 2 N–H and O–H groups in total. The van der Waals surface area contributed by atoms with E-state index >= 15 is 0 Å². The lowest BCUT2D eigenvalue weighted by Crippen LogP contribution is -2.00. The predicted octanol–water partition coefficient (Wildman–Crippen LogP) is 5.51. The van der Waals surface area contributed by atoms with Crippen molar-refractivity contribution in [3.8, 4) is 0 Å². The summed E-state index contributed by atoms with van der Waals surface area (Å²) in [6, 6.07) is 22.7. The Labute approximate surface area is 145 Å². The molecule has 1 heterocycles. The summed E-state index contributed by atoms with van der Waals surface area (Å²) in [5.74, 6) is -0.0163. The van der Waals surface area contributed by atoms with Crippen molar-refractivity contribution in [2.24, 2.45) is 5.11 Å². The van der Waals surface area contributed by atoms with E-state index in [1.807, 2.05) is 24.3 Å². The molecule has 1 aromatic heterocycles. The highest BCUT2D eigenvalue weighted by Crippen LogP contribution is 2.30. The van der Waals surface area contributed by atoms with Crippen molar-refractivity contribution >= 4 is 27.6 Å². The highest BCUT2D eigenvalue weighted by molar-refractivity contribution is 6.11. The molecule has 0 bridgehead atoms. The quantitative estimate of drug-likeness (QED) is 0.283. The Balaban J connectivity index is 1.96. The summed E-state index contributed by atoms with van der Waals surface area (Å²) < 4.78 is 2.31. The molecule has 0 saturated carbocycles. The van der Waals surface area contributed by atoms with Crippen LogP contribution in [0.15, 0.2) is 71.8 Å². The Morgan fingerprint density at radius 1 is 0.920 bits per heavy atom. The summed E-state index contributed by atoms with van der Waals surface area (Å²) in [5.41, 5.74) is 12.6. The zero-order valence-electron chi connectivity index (χ0n) is 14.0. The predicted molar refractivity (Wildman–Crippen MR) is 102 cm³/mol. The van der Waals surface area contributed by atoms with E-state index in [0.29, 0.717) is 5.56 Å². The van der Waals surface area contributed by atoms with Gasteiger partial charge in [-0.15, -0.1) is 5.11 Å². The second kappa shape index (κ2) is 5.98. The monoisotopic (exact) mass is 326 g/mol. The number of rotatable bonds is 3. The Morgan fingerprint density at radius 2 is 1.72 bits per heavy atom. The summed E-state index contributed by atoms with van der Waals surface area (Å²) in [4.78, 5) is 0. The van der Waals surface area contributed by atoms with Crippen LogP contribution in [0.5, 0.6) is 0 Å². The highest BCUT2D eigenvalue weighted by atomic mass is 15.0. The average molecular weight is 326 g/mol. The van der Waals surface area contributed by atoms with Crippen molar-refractivity contribution in [1.82, 2.24) is 4.57 Å². The molecule has 4 aromatic rings. The number of nitrogens with one attached hydrogen (secondary N) is 2. The van der Waals surface area contributed by atoms with Crippen LogP contribution in [0.25, 0.3) is 21.8 Å². The average Bonchev–Trinajstić information content (AvgIpc) is 2.95. The molecule has 0 spiro atoms. The number of nitrogens with zero attached hydrogens (tertiary/aromatic N) is 2. The van der Waals surface area contributed by atoms with Crippen molar-refractivity contribution in [3.05, 3.63) is 83.4 Å². The third kappa shape index (κ3) is 2.62. The fraction of sp³-hybridized carbons (Fsp3) is 0.0952. The molecule has 122 valence electrons. The first-order chi connectivity index (χ1) is 12.2. The van der Waals surface area contributed by atoms with Crippen molar-refractivity contribution < 1.29 is 0 Å². The molecule has 0 radical (unpaired) electrons. The number of hydrogen-bond donors (Lipinski definition) is 2. The Hall–Kier alpha value is -3.27. The van der Waals surface area contributed by atoms with Gasteiger partial charge in [0.05, 0.1) is 0 Å². The van der Waals surface area contributed by atoms with Gasteiger partial charge in [0.1, 0.15) is 0 Å². The number of benzene rings is 3. The lowest BCUT2D eigenvalue weighted by atomic mass is 10.1. The van der Waals surface area contributed by atoms with Gasteiger partial charge in [0, 0.05) is 33.9 Å². The molecule has 4 heteroatoms. The fourth-order valence-electron chi connectivity index (χ4n) is 3.43. The topological polar surface area (TPSA) is 65.0 Å². The molecule has 25 heavy (non-hydrogen) atoms. The van der Waals surface area contributed by atoms with Gasteiger partial charge in [0.2, 0.25) is 0 Å². The lowest BCUT2D eigenvalue weighted by Gasteiger charge is -2.09. The molecule has 0 unspecified atom stereocenters. The summed E-state index contributed by atoms with van der Waals surface area (Å²) in [6.45, 7) is 2.91. The largest absolute Gasteiger partial charge is 0.336 e. The minimum atomic E-state index is -0.0163. The number of hydrogen-bond acceptors (Lipinski definition) is 2. The number of fused-ring (bicyclic) bond motifs is 3. The number of para-hydroxylation sites is 1. The standard InChI is InChI=1S/C21H18N4/c1-14-5-4-6-15(11-14)13-25-19-8-3-2-7-17(19)18-12-16(21(22)24-23)9-10-20(18)25/h2-12,22-23H,13H2,1H3. The van der Waals surface area contributed by atoms with Crippen LogP contribution in [0.4, 0.5) is 0 Å². The van der Waals surface area contributed by atoms with Crippen molar-refractivity contribution in [1.29, 1.82) is 10.9 Å². The van der Waals surface area contributed by atoms with Crippen LogP contribution >= 0.6 is 0 Å². The third-order valence-electron chi connectivity index (χ3n) is 4.58. The van der Waals surface area contributed by atoms with Gasteiger partial charge >= 0.3 is 0 Å². The molecule has 0 aliphatic heterocycles. The second-order valence-electron chi connectivity index (χ2n) is 6.28. The van der Waals surface area contributed by atoms with Crippen LogP contribution in [0, 0.1) is 17.9 Å². The van der Waals surface area contributed by atoms with E-state index in [2.05, 4.69) is 59.1 Å². The summed E-state index contributed by atoms with van der Waals surface area (Å²) in [5, 5.41) is 13.3. The Kier molecular flexibility index (Phi) is 3.65. The lowest BCUT2D eigenvalue weighted by molar-refractivity contribution is 0.867. The van der Waals surface area contributed by atoms with Gasteiger partial charge in [-0.1, -0.05) is 48.0 Å². The molecule has 4 rings (SSSR count). The van der Waals surface area contributed by atoms with E-state index in [-0.39, 0.29) is 5.84 Å². The van der Waals surface area contributed by atoms with Crippen molar-refractivity contribution in [3.63, 3.8) is 0 Å². The first kappa shape index (κ1) is 15.3. The smallest absolute Gasteiger partial charge is 0.173 e. The van der Waals surface area contributed by atoms with Crippen LogP contribution in [0.3, 0.4) is 0 Å². The van der Waals surface area contributed by atoms with Crippen LogP contribution < -0.4 is 0 Å². The van der Waals surface area contributed by atoms with E-state index in [1.54, 1.807) is 0 Å². The number of amidine groups is 1. The van der Waals surface area contributed by atoms with Gasteiger partial charge in [-0.3, -0.25) is 5.41 Å². The van der Waals surface area contributed by atoms with Crippen LogP contribution in [0.2, 0.25) is 0 Å². The SMILES string of the molecule is Cc1cccc(Cn2c3ccccc3c3cc(C(=N)N=N)ccc32)c1. The normalized spacial score (nSPS) is 11.1. The maximum Gasteiger partial charge on any atom is 0.173 e. The first-order valence-electron chi connectivity index (χ1n) is 8.20. The van der Waals surface area contributed by atoms with E-state index in [1.165, 1.54) is 16.6 Å². The van der Waals surface area contributed by atoms with Crippen LogP contribution in [-0.2, 0) is 6.54 Å². The van der Waals surface area contributed by atoms with E-state index < -0.39 is 0 Å². The Bertz CT molecular complexity index is 1120. The minimum absolute atomic E-state index is 0.0163. The van der Waals surface area contributed by atoms with E-state index in [9.17, 15) is 0 Å². The van der Waals surface area contributed by atoms with Crippen molar-refractivity contribution in [2.45, 2.75) is 13.5 Å². The Morgan fingerprint density at radius 3 is 2.52 bits per heavy atom. The molecule has 0 saturated heterocycles. The molecule has 0 aliphatic rings.